The number of carbonyl (C=O) groups is 1. The van der Waals surface area contributed by atoms with Crippen LogP contribution in [0.2, 0.25) is 0 Å². The van der Waals surface area contributed by atoms with Crippen molar-refractivity contribution in [1.29, 1.82) is 0 Å². The number of carboxylic acid groups (broad SMARTS) is 1. The minimum Gasteiger partial charge on any atom is -0.480 e. The fraction of sp³-hybridized carbons (Fsp3) is 0.250. The van der Waals surface area contributed by atoms with Crippen LogP contribution in [-0.2, 0) is 4.79 Å². The molecule has 0 aliphatic rings. The third-order valence-electron chi connectivity index (χ3n) is 2.43. The van der Waals surface area contributed by atoms with Crippen LogP contribution in [0.15, 0.2) is 28.8 Å². The van der Waals surface area contributed by atoms with Gasteiger partial charge in [0.25, 0.3) is 5.89 Å². The number of anilines is 1. The number of aryl methyl sites for hydroxylation is 1. The maximum Gasteiger partial charge on any atom is 0.325 e. The van der Waals surface area contributed by atoms with Crippen LogP contribution in [0.5, 0.6) is 0 Å². The first-order valence-electron chi connectivity index (χ1n) is 5.47. The summed E-state index contributed by atoms with van der Waals surface area (Å²) in [5, 5.41) is 15.5. The van der Waals surface area contributed by atoms with Gasteiger partial charge in [0, 0.05) is 5.69 Å². The Morgan fingerprint density at radius 2 is 2.17 bits per heavy atom. The van der Waals surface area contributed by atoms with E-state index in [1.54, 1.807) is 26.0 Å². The highest BCUT2D eigenvalue weighted by Crippen LogP contribution is 2.26. The van der Waals surface area contributed by atoms with E-state index >= 15 is 0 Å². The van der Waals surface area contributed by atoms with E-state index in [1.807, 2.05) is 12.1 Å². The van der Waals surface area contributed by atoms with Gasteiger partial charge in [-0.3, -0.25) is 4.79 Å². The maximum absolute atomic E-state index is 10.8. The Hall–Kier alpha value is -2.37. The second kappa shape index (κ2) is 4.87. The molecule has 6 heteroatoms. The molecule has 0 amide bonds. The minimum atomic E-state index is -0.925. The Kier molecular flexibility index (Phi) is 3.27. The lowest BCUT2D eigenvalue weighted by atomic mass is 10.1. The summed E-state index contributed by atoms with van der Waals surface area (Å²) in [7, 11) is 0. The van der Waals surface area contributed by atoms with Gasteiger partial charge in [-0.25, -0.2) is 0 Å². The first-order chi connectivity index (χ1) is 8.58. The highest BCUT2D eigenvalue weighted by atomic mass is 16.5. The molecule has 1 unspecified atom stereocenters. The molecule has 0 aliphatic heterocycles. The van der Waals surface area contributed by atoms with Crippen molar-refractivity contribution < 1.29 is 14.4 Å². The van der Waals surface area contributed by atoms with Crippen LogP contribution in [0.3, 0.4) is 0 Å². The molecule has 2 aromatic rings. The van der Waals surface area contributed by atoms with E-state index in [4.69, 9.17) is 9.63 Å². The van der Waals surface area contributed by atoms with Gasteiger partial charge in [0.2, 0.25) is 0 Å². The molecule has 1 aromatic heterocycles. The Morgan fingerprint density at radius 1 is 1.44 bits per heavy atom. The van der Waals surface area contributed by atoms with Gasteiger partial charge < -0.3 is 14.9 Å². The molecule has 6 nitrogen and oxygen atoms in total. The lowest BCUT2D eigenvalue weighted by Crippen LogP contribution is -2.25. The molecule has 0 saturated heterocycles. The fourth-order valence-corrected chi connectivity index (χ4v) is 1.50. The van der Waals surface area contributed by atoms with E-state index in [0.717, 1.165) is 0 Å². The number of carboxylic acids is 1. The number of aromatic nitrogens is 2. The molecule has 1 aromatic carbocycles. The standard InChI is InChI=1S/C12H13N3O3/c1-7(12(16)17)13-10-6-4-3-5-9(10)11-14-8(2)15-18-11/h3-7,13H,1-2H3,(H,16,17). The van der Waals surface area contributed by atoms with Gasteiger partial charge in [-0.15, -0.1) is 0 Å². The number of para-hydroxylation sites is 1. The second-order valence-corrected chi connectivity index (χ2v) is 3.90. The largest absolute Gasteiger partial charge is 0.480 e. The third-order valence-corrected chi connectivity index (χ3v) is 2.43. The molecule has 0 spiro atoms. The van der Waals surface area contributed by atoms with Crippen molar-refractivity contribution in [2.24, 2.45) is 0 Å². The van der Waals surface area contributed by atoms with Crippen LogP contribution < -0.4 is 5.32 Å². The molecule has 1 heterocycles. The van der Waals surface area contributed by atoms with E-state index in [9.17, 15) is 4.79 Å². The molecule has 0 radical (unpaired) electrons. The van der Waals surface area contributed by atoms with Crippen molar-refractivity contribution in [2.45, 2.75) is 19.9 Å². The summed E-state index contributed by atoms with van der Waals surface area (Å²) in [5.41, 5.74) is 1.34. The van der Waals surface area contributed by atoms with Gasteiger partial charge in [-0.1, -0.05) is 17.3 Å². The van der Waals surface area contributed by atoms with Crippen molar-refractivity contribution in [2.75, 3.05) is 5.32 Å². The Labute approximate surface area is 104 Å². The monoisotopic (exact) mass is 247 g/mol. The van der Waals surface area contributed by atoms with Gasteiger partial charge >= 0.3 is 5.97 Å². The van der Waals surface area contributed by atoms with Crippen molar-refractivity contribution in [1.82, 2.24) is 10.1 Å². The molecular weight excluding hydrogens is 234 g/mol. The van der Waals surface area contributed by atoms with Crippen LogP contribution in [-0.4, -0.2) is 27.3 Å². The summed E-state index contributed by atoms with van der Waals surface area (Å²) < 4.78 is 5.08. The number of benzene rings is 1. The van der Waals surface area contributed by atoms with Gasteiger partial charge in [0.1, 0.15) is 6.04 Å². The minimum absolute atomic E-state index is 0.369. The van der Waals surface area contributed by atoms with Gasteiger partial charge in [0.05, 0.1) is 5.56 Å². The molecule has 18 heavy (non-hydrogen) atoms. The van der Waals surface area contributed by atoms with Crippen LogP contribution in [0.1, 0.15) is 12.7 Å². The SMILES string of the molecule is Cc1noc(-c2ccccc2NC(C)C(=O)O)n1. The average molecular weight is 247 g/mol. The second-order valence-electron chi connectivity index (χ2n) is 3.90. The molecule has 2 N–H and O–H groups in total. The van der Waals surface area contributed by atoms with E-state index in [-0.39, 0.29) is 0 Å². The van der Waals surface area contributed by atoms with Crippen LogP contribution >= 0.6 is 0 Å². The number of hydrogen-bond acceptors (Lipinski definition) is 5. The van der Waals surface area contributed by atoms with Crippen LogP contribution in [0.4, 0.5) is 5.69 Å². The molecule has 0 fully saturated rings. The number of aliphatic carboxylic acids is 1. The Balaban J connectivity index is 2.34. The number of nitrogens with zero attached hydrogens (tertiary/aromatic N) is 2. The summed E-state index contributed by atoms with van der Waals surface area (Å²) >= 11 is 0. The smallest absolute Gasteiger partial charge is 0.325 e. The summed E-state index contributed by atoms with van der Waals surface area (Å²) in [6, 6.07) is 6.50. The highest BCUT2D eigenvalue weighted by Gasteiger charge is 2.15. The molecule has 0 saturated carbocycles. The van der Waals surface area contributed by atoms with Gasteiger partial charge in [0.15, 0.2) is 5.82 Å². The van der Waals surface area contributed by atoms with Crippen LogP contribution in [0.25, 0.3) is 11.5 Å². The predicted octanol–water partition coefficient (Wildman–Crippen LogP) is 1.93. The van der Waals surface area contributed by atoms with Crippen molar-refractivity contribution in [3.63, 3.8) is 0 Å². The molecule has 1 atom stereocenters. The van der Waals surface area contributed by atoms with E-state index < -0.39 is 12.0 Å². The van der Waals surface area contributed by atoms with Crippen molar-refractivity contribution in [3.05, 3.63) is 30.1 Å². The number of rotatable bonds is 4. The predicted molar refractivity (Wildman–Crippen MR) is 65.2 cm³/mol. The van der Waals surface area contributed by atoms with Crippen molar-refractivity contribution >= 4 is 11.7 Å². The molecule has 0 bridgehead atoms. The average Bonchev–Trinajstić information content (AvgIpc) is 2.76. The maximum atomic E-state index is 10.8. The van der Waals surface area contributed by atoms with Gasteiger partial charge in [-0.2, -0.15) is 4.98 Å². The third kappa shape index (κ3) is 2.48. The zero-order valence-electron chi connectivity index (χ0n) is 10.0. The number of hydrogen-bond donors (Lipinski definition) is 2. The first-order valence-corrected chi connectivity index (χ1v) is 5.47. The topological polar surface area (TPSA) is 88.2 Å². The summed E-state index contributed by atoms with van der Waals surface area (Å²) in [6.45, 7) is 3.29. The molecular formula is C12H13N3O3. The Bertz CT molecular complexity index is 565. The first kappa shape index (κ1) is 12.1. The lowest BCUT2D eigenvalue weighted by Gasteiger charge is -2.12. The van der Waals surface area contributed by atoms with E-state index in [0.29, 0.717) is 23.0 Å². The molecule has 2 rings (SSSR count). The summed E-state index contributed by atoms with van der Waals surface area (Å²) in [4.78, 5) is 15.0. The summed E-state index contributed by atoms with van der Waals surface area (Å²) in [6.07, 6.45) is 0. The van der Waals surface area contributed by atoms with E-state index in [1.165, 1.54) is 0 Å². The quantitative estimate of drug-likeness (QED) is 0.858. The molecule has 0 aliphatic carbocycles. The summed E-state index contributed by atoms with van der Waals surface area (Å²) in [5.74, 6) is -0.0224. The highest BCUT2D eigenvalue weighted by molar-refractivity contribution is 5.80. The van der Waals surface area contributed by atoms with Gasteiger partial charge in [-0.05, 0) is 26.0 Å². The Morgan fingerprint density at radius 3 is 2.78 bits per heavy atom. The number of nitrogens with one attached hydrogen (secondary N) is 1. The van der Waals surface area contributed by atoms with Crippen LogP contribution in [0, 0.1) is 6.92 Å². The zero-order chi connectivity index (χ0) is 13.1. The zero-order valence-corrected chi connectivity index (χ0v) is 10.0. The van der Waals surface area contributed by atoms with Crippen molar-refractivity contribution in [3.8, 4) is 11.5 Å². The fourth-order valence-electron chi connectivity index (χ4n) is 1.50. The lowest BCUT2D eigenvalue weighted by molar-refractivity contribution is -0.137. The normalized spacial score (nSPS) is 12.1. The molecule has 94 valence electrons. The van der Waals surface area contributed by atoms with E-state index in [2.05, 4.69) is 15.5 Å².